The Balaban J connectivity index is 1.98. The summed E-state index contributed by atoms with van der Waals surface area (Å²) in [5.74, 6) is -1.43. The minimum Gasteiger partial charge on any atom is -0.394 e. The van der Waals surface area contributed by atoms with Crippen LogP contribution in [0.2, 0.25) is 0 Å². The Hall–Kier alpha value is -2.41. The van der Waals surface area contributed by atoms with Gasteiger partial charge in [0.25, 0.3) is 0 Å². The molecule has 0 amide bonds. The molecule has 0 bridgehead atoms. The summed E-state index contributed by atoms with van der Waals surface area (Å²) in [5.41, 5.74) is 1.18. The first-order chi connectivity index (χ1) is 14.3. The highest BCUT2D eigenvalue weighted by molar-refractivity contribution is 5.44. The van der Waals surface area contributed by atoms with E-state index in [1.807, 2.05) is 6.07 Å². The quantitative estimate of drug-likeness (QED) is 0.584. The van der Waals surface area contributed by atoms with Crippen LogP contribution in [0.5, 0.6) is 0 Å². The van der Waals surface area contributed by atoms with Gasteiger partial charge in [-0.3, -0.25) is 0 Å². The summed E-state index contributed by atoms with van der Waals surface area (Å²) in [7, 11) is 0. The summed E-state index contributed by atoms with van der Waals surface area (Å²) in [5, 5.41) is 49.0. The number of benzene rings is 2. The van der Waals surface area contributed by atoms with E-state index in [0.29, 0.717) is 23.1 Å². The molecule has 0 unspecified atom stereocenters. The number of nitriles is 1. The monoisotopic (exact) mass is 419 g/mol. The molecular formula is C22H23F2NO5. The van der Waals surface area contributed by atoms with Crippen LogP contribution in [-0.4, -0.2) is 51.4 Å². The van der Waals surface area contributed by atoms with Crippen molar-refractivity contribution in [1.82, 2.24) is 0 Å². The SMILES string of the molecule is CCc1cc(F)c(Cc2cc([C@@H]3O[C@H](CO)[C@@H](O)[C@H](O)[C@H]3O)ccc2C#N)c(F)c1. The number of aliphatic hydroxyl groups is 4. The molecule has 0 aromatic heterocycles. The lowest BCUT2D eigenvalue weighted by molar-refractivity contribution is -0.231. The average Bonchev–Trinajstić information content (AvgIpc) is 2.74. The number of hydrogen-bond acceptors (Lipinski definition) is 6. The Morgan fingerprint density at radius 3 is 2.27 bits per heavy atom. The summed E-state index contributed by atoms with van der Waals surface area (Å²) >= 11 is 0. The smallest absolute Gasteiger partial charge is 0.129 e. The number of aryl methyl sites for hydroxylation is 1. The zero-order valence-corrected chi connectivity index (χ0v) is 16.3. The van der Waals surface area contributed by atoms with Gasteiger partial charge in [-0.2, -0.15) is 5.26 Å². The van der Waals surface area contributed by atoms with Crippen molar-refractivity contribution < 1.29 is 33.9 Å². The summed E-state index contributed by atoms with van der Waals surface area (Å²) < 4.78 is 34.4. The van der Waals surface area contributed by atoms with Gasteiger partial charge in [-0.05, 0) is 41.3 Å². The fraction of sp³-hybridized carbons (Fsp3) is 0.409. The Kier molecular flexibility index (Phi) is 6.81. The molecule has 30 heavy (non-hydrogen) atoms. The largest absolute Gasteiger partial charge is 0.394 e. The van der Waals surface area contributed by atoms with E-state index in [-0.39, 0.29) is 17.5 Å². The number of halogens is 2. The van der Waals surface area contributed by atoms with Crippen LogP contribution in [0, 0.1) is 23.0 Å². The second kappa shape index (κ2) is 9.16. The molecule has 1 aliphatic heterocycles. The fourth-order valence-electron chi connectivity index (χ4n) is 3.64. The third-order valence-corrected chi connectivity index (χ3v) is 5.45. The highest BCUT2D eigenvalue weighted by Crippen LogP contribution is 2.34. The first-order valence-electron chi connectivity index (χ1n) is 9.60. The van der Waals surface area contributed by atoms with Gasteiger partial charge in [0, 0.05) is 12.0 Å². The molecule has 8 heteroatoms. The molecule has 160 valence electrons. The van der Waals surface area contributed by atoms with Gasteiger partial charge in [0.2, 0.25) is 0 Å². The summed E-state index contributed by atoms with van der Waals surface area (Å²) in [6.07, 6.45) is -6.48. The van der Waals surface area contributed by atoms with Crippen molar-refractivity contribution in [3.63, 3.8) is 0 Å². The van der Waals surface area contributed by atoms with E-state index in [0.717, 1.165) is 0 Å². The van der Waals surface area contributed by atoms with Crippen LogP contribution in [-0.2, 0) is 17.6 Å². The summed E-state index contributed by atoms with van der Waals surface area (Å²) in [4.78, 5) is 0. The molecule has 3 rings (SSSR count). The van der Waals surface area contributed by atoms with E-state index >= 15 is 0 Å². The zero-order chi connectivity index (χ0) is 22.0. The number of rotatable bonds is 5. The molecule has 5 atom stereocenters. The number of ether oxygens (including phenoxy) is 1. The predicted molar refractivity (Wildman–Crippen MR) is 102 cm³/mol. The lowest BCUT2D eigenvalue weighted by Crippen LogP contribution is -2.55. The molecule has 1 aliphatic rings. The molecule has 6 nitrogen and oxygen atoms in total. The maximum atomic E-state index is 14.5. The van der Waals surface area contributed by atoms with Gasteiger partial charge < -0.3 is 25.2 Å². The fourth-order valence-corrected chi connectivity index (χ4v) is 3.64. The van der Waals surface area contributed by atoms with Gasteiger partial charge in [-0.1, -0.05) is 19.1 Å². The van der Waals surface area contributed by atoms with Gasteiger partial charge in [0.1, 0.15) is 42.2 Å². The molecule has 4 N–H and O–H groups in total. The lowest BCUT2D eigenvalue weighted by Gasteiger charge is -2.40. The molecule has 2 aromatic rings. The van der Waals surface area contributed by atoms with Gasteiger partial charge in [-0.15, -0.1) is 0 Å². The van der Waals surface area contributed by atoms with Crippen molar-refractivity contribution >= 4 is 0 Å². The topological polar surface area (TPSA) is 114 Å². The summed E-state index contributed by atoms with van der Waals surface area (Å²) in [6.45, 7) is 1.20. The molecule has 1 heterocycles. The highest BCUT2D eigenvalue weighted by atomic mass is 19.1. The average molecular weight is 419 g/mol. The van der Waals surface area contributed by atoms with Gasteiger partial charge in [-0.25, -0.2) is 8.78 Å². The third kappa shape index (κ3) is 4.21. The third-order valence-electron chi connectivity index (χ3n) is 5.45. The zero-order valence-electron chi connectivity index (χ0n) is 16.3. The molecule has 1 fully saturated rings. The lowest BCUT2D eigenvalue weighted by atomic mass is 9.89. The first-order valence-corrected chi connectivity index (χ1v) is 9.60. The second-order valence-corrected chi connectivity index (χ2v) is 7.35. The minimum absolute atomic E-state index is 0.186. The van der Waals surface area contributed by atoms with E-state index in [2.05, 4.69) is 0 Å². The van der Waals surface area contributed by atoms with Crippen molar-refractivity contribution in [2.45, 2.75) is 50.3 Å². The Bertz CT molecular complexity index is 936. The number of aliphatic hydroxyl groups excluding tert-OH is 4. The highest BCUT2D eigenvalue weighted by Gasteiger charge is 2.44. The van der Waals surface area contributed by atoms with E-state index in [9.17, 15) is 34.5 Å². The van der Waals surface area contributed by atoms with Crippen LogP contribution in [0.1, 0.15) is 40.8 Å². The summed E-state index contributed by atoms with van der Waals surface area (Å²) in [6, 6.07) is 8.88. The van der Waals surface area contributed by atoms with Crippen LogP contribution in [0.3, 0.4) is 0 Å². The normalized spacial score (nSPS) is 26.4. The molecule has 0 radical (unpaired) electrons. The van der Waals surface area contributed by atoms with Crippen LogP contribution in [0.25, 0.3) is 0 Å². The maximum Gasteiger partial charge on any atom is 0.129 e. The second-order valence-electron chi connectivity index (χ2n) is 7.35. The predicted octanol–water partition coefficient (Wildman–Crippen LogP) is 1.50. The van der Waals surface area contributed by atoms with E-state index in [4.69, 9.17) is 4.74 Å². The molecule has 0 aliphatic carbocycles. The molecular weight excluding hydrogens is 396 g/mol. The van der Waals surface area contributed by atoms with Crippen LogP contribution in [0.15, 0.2) is 30.3 Å². The van der Waals surface area contributed by atoms with Gasteiger partial charge >= 0.3 is 0 Å². The Labute approximate surface area is 172 Å². The van der Waals surface area contributed by atoms with Crippen molar-refractivity contribution in [2.75, 3.05) is 6.61 Å². The van der Waals surface area contributed by atoms with Crippen LogP contribution in [0.4, 0.5) is 8.78 Å². The molecule has 2 aromatic carbocycles. The van der Waals surface area contributed by atoms with Gasteiger partial charge in [0.15, 0.2) is 0 Å². The van der Waals surface area contributed by atoms with Crippen molar-refractivity contribution in [1.29, 1.82) is 5.26 Å². The minimum atomic E-state index is -1.56. The number of nitrogens with zero attached hydrogens (tertiary/aromatic N) is 1. The standard InChI is InChI=1S/C22H23F2NO5/c1-2-11-5-16(23)15(17(24)6-11)8-14-7-12(3-4-13(14)9-25)22-21(29)20(28)19(27)18(10-26)30-22/h3-7,18-22,26-29H,2,8,10H2,1H3/t18-,19-,20+,21-,22+/m1/s1. The molecule has 0 spiro atoms. The van der Waals surface area contributed by atoms with E-state index < -0.39 is 48.8 Å². The molecule has 1 saturated heterocycles. The van der Waals surface area contributed by atoms with Gasteiger partial charge in [0.05, 0.1) is 18.2 Å². The van der Waals surface area contributed by atoms with Crippen molar-refractivity contribution in [3.05, 3.63) is 69.8 Å². The number of hydrogen-bond donors (Lipinski definition) is 4. The Morgan fingerprint density at radius 1 is 1.03 bits per heavy atom. The molecule has 0 saturated carbocycles. The van der Waals surface area contributed by atoms with E-state index in [1.165, 1.54) is 30.3 Å². The van der Waals surface area contributed by atoms with Crippen LogP contribution >= 0.6 is 0 Å². The maximum absolute atomic E-state index is 14.5. The van der Waals surface area contributed by atoms with E-state index in [1.54, 1.807) is 6.92 Å². The first kappa shape index (κ1) is 22.3. The Morgan fingerprint density at radius 2 is 1.70 bits per heavy atom. The van der Waals surface area contributed by atoms with Crippen molar-refractivity contribution in [2.24, 2.45) is 0 Å². The van der Waals surface area contributed by atoms with Crippen molar-refractivity contribution in [3.8, 4) is 6.07 Å². The van der Waals surface area contributed by atoms with Crippen LogP contribution < -0.4 is 0 Å².